The number of ether oxygens (including phenoxy) is 1. The molecule has 0 bridgehead atoms. The lowest BCUT2D eigenvalue weighted by Crippen LogP contribution is -2.42. The molecular formula is C19H23N3O5S. The van der Waals surface area contributed by atoms with E-state index in [1.807, 2.05) is 0 Å². The van der Waals surface area contributed by atoms with Crippen LogP contribution in [0, 0.1) is 6.92 Å². The fourth-order valence-electron chi connectivity index (χ4n) is 4.13. The monoisotopic (exact) mass is 405 g/mol. The molecule has 0 radical (unpaired) electrons. The fraction of sp³-hybridized carbons (Fsp3) is 0.526. The molecule has 0 spiro atoms. The minimum absolute atomic E-state index is 0.0681. The molecule has 3 atom stereocenters. The first-order valence-electron chi connectivity index (χ1n) is 9.02. The van der Waals surface area contributed by atoms with Gasteiger partial charge in [-0.3, -0.25) is 23.2 Å². The third-order valence-corrected chi connectivity index (χ3v) is 6.05. The van der Waals surface area contributed by atoms with Gasteiger partial charge in [0.1, 0.15) is 11.2 Å². The van der Waals surface area contributed by atoms with Crippen LogP contribution in [-0.4, -0.2) is 42.4 Å². The zero-order valence-corrected chi connectivity index (χ0v) is 17.4. The minimum Gasteiger partial charge on any atom is -0.457 e. The molecule has 0 aromatic carbocycles. The summed E-state index contributed by atoms with van der Waals surface area (Å²) in [5.74, 6) is -0.788. The van der Waals surface area contributed by atoms with Gasteiger partial charge in [-0.15, -0.1) is 0 Å². The Morgan fingerprint density at radius 1 is 1.36 bits per heavy atom. The molecule has 1 aliphatic carbocycles. The molecular weight excluding hydrogens is 382 g/mol. The third-order valence-electron chi connectivity index (χ3n) is 5.34. The number of rotatable bonds is 4. The molecule has 2 aromatic rings. The van der Waals surface area contributed by atoms with E-state index in [1.165, 1.54) is 30.9 Å². The molecule has 28 heavy (non-hydrogen) atoms. The number of aromatic nitrogens is 3. The minimum atomic E-state index is -1.44. The second-order valence-corrected chi connectivity index (χ2v) is 8.66. The molecule has 1 saturated carbocycles. The SMILES string of the molecule is CC(=O)O[C@@]1(C)CCC[C@@H]1n1c(=O)c(C(C)=O)c(C)c2cnc(S(C)=O)nc21. The van der Waals surface area contributed by atoms with Gasteiger partial charge in [-0.05, 0) is 45.6 Å². The normalized spacial score (nSPS) is 23.0. The molecule has 0 N–H and O–H groups in total. The molecule has 1 unspecified atom stereocenters. The van der Waals surface area contributed by atoms with Gasteiger partial charge in [0.2, 0.25) is 5.16 Å². The van der Waals surface area contributed by atoms with Crippen molar-refractivity contribution in [2.24, 2.45) is 0 Å². The van der Waals surface area contributed by atoms with Gasteiger partial charge >= 0.3 is 5.97 Å². The summed E-state index contributed by atoms with van der Waals surface area (Å²) < 4.78 is 18.9. The number of fused-ring (bicyclic) bond motifs is 1. The van der Waals surface area contributed by atoms with Crippen LogP contribution in [-0.2, 0) is 20.3 Å². The van der Waals surface area contributed by atoms with E-state index in [0.717, 1.165) is 6.42 Å². The molecule has 0 aliphatic heterocycles. The van der Waals surface area contributed by atoms with Gasteiger partial charge in [0.25, 0.3) is 5.56 Å². The van der Waals surface area contributed by atoms with Gasteiger partial charge in [0.15, 0.2) is 5.78 Å². The summed E-state index contributed by atoms with van der Waals surface area (Å²) in [5, 5.41) is 0.638. The number of ketones is 1. The third kappa shape index (κ3) is 3.28. The van der Waals surface area contributed by atoms with E-state index in [0.29, 0.717) is 29.4 Å². The van der Waals surface area contributed by atoms with Crippen molar-refractivity contribution in [3.63, 3.8) is 0 Å². The van der Waals surface area contributed by atoms with E-state index in [1.54, 1.807) is 13.8 Å². The van der Waals surface area contributed by atoms with Crippen molar-refractivity contribution >= 4 is 33.6 Å². The average Bonchev–Trinajstić information content (AvgIpc) is 2.94. The van der Waals surface area contributed by atoms with Crippen LogP contribution in [0.2, 0.25) is 0 Å². The van der Waals surface area contributed by atoms with Gasteiger partial charge in [0, 0.05) is 24.8 Å². The number of hydrogen-bond acceptors (Lipinski definition) is 7. The Morgan fingerprint density at radius 3 is 2.61 bits per heavy atom. The number of nitrogens with zero attached hydrogens (tertiary/aromatic N) is 3. The van der Waals surface area contributed by atoms with Crippen molar-refractivity contribution in [3.05, 3.63) is 27.7 Å². The number of aryl methyl sites for hydroxylation is 1. The second kappa shape index (κ2) is 7.20. The topological polar surface area (TPSA) is 108 Å². The summed E-state index contributed by atoms with van der Waals surface area (Å²) in [6.45, 7) is 6.14. The van der Waals surface area contributed by atoms with Crippen molar-refractivity contribution in [2.45, 2.75) is 63.8 Å². The average molecular weight is 405 g/mol. The lowest BCUT2D eigenvalue weighted by Gasteiger charge is -2.33. The molecule has 2 aromatic heterocycles. The van der Waals surface area contributed by atoms with Crippen LogP contribution in [0.15, 0.2) is 16.1 Å². The van der Waals surface area contributed by atoms with Crippen molar-refractivity contribution in [1.82, 2.24) is 14.5 Å². The van der Waals surface area contributed by atoms with Crippen molar-refractivity contribution in [3.8, 4) is 0 Å². The molecule has 1 fully saturated rings. The number of carbonyl (C=O) groups is 2. The van der Waals surface area contributed by atoms with E-state index < -0.39 is 34.0 Å². The highest BCUT2D eigenvalue weighted by Crippen LogP contribution is 2.42. The largest absolute Gasteiger partial charge is 0.457 e. The van der Waals surface area contributed by atoms with Crippen LogP contribution >= 0.6 is 0 Å². The van der Waals surface area contributed by atoms with E-state index in [-0.39, 0.29) is 16.5 Å². The highest BCUT2D eigenvalue weighted by Gasteiger charge is 2.44. The lowest BCUT2D eigenvalue weighted by atomic mass is 9.97. The summed E-state index contributed by atoms with van der Waals surface area (Å²) in [6, 6.07) is -0.488. The van der Waals surface area contributed by atoms with Gasteiger partial charge in [-0.25, -0.2) is 9.97 Å². The fourth-order valence-corrected chi connectivity index (χ4v) is 4.54. The molecule has 2 heterocycles. The molecule has 150 valence electrons. The Kier molecular flexibility index (Phi) is 5.22. The Balaban J connectivity index is 2.41. The van der Waals surface area contributed by atoms with Gasteiger partial charge in [-0.2, -0.15) is 0 Å². The summed E-state index contributed by atoms with van der Waals surface area (Å²) >= 11 is 0. The van der Waals surface area contributed by atoms with E-state index >= 15 is 0 Å². The first-order chi connectivity index (χ1) is 13.1. The smallest absolute Gasteiger partial charge is 0.303 e. The molecule has 0 amide bonds. The van der Waals surface area contributed by atoms with Crippen LogP contribution in [0.5, 0.6) is 0 Å². The maximum Gasteiger partial charge on any atom is 0.303 e. The molecule has 3 rings (SSSR count). The van der Waals surface area contributed by atoms with E-state index in [2.05, 4.69) is 9.97 Å². The van der Waals surface area contributed by atoms with E-state index in [4.69, 9.17) is 4.74 Å². The van der Waals surface area contributed by atoms with Crippen LogP contribution in [0.4, 0.5) is 0 Å². The molecule has 0 saturated heterocycles. The predicted molar refractivity (Wildman–Crippen MR) is 104 cm³/mol. The number of pyridine rings is 1. The summed E-state index contributed by atoms with van der Waals surface area (Å²) in [4.78, 5) is 45.8. The Bertz CT molecular complexity index is 1080. The Hall–Kier alpha value is -2.42. The first-order valence-corrected chi connectivity index (χ1v) is 10.6. The standard InChI is InChI=1S/C19H23N3O5S/c1-10-13-9-20-18(28(5)26)21-16(13)22(17(25)15(10)11(2)23)14-7-6-8-19(14,4)27-12(3)24/h9,14H,6-8H2,1-5H3/t14-,19-,28?/m0/s1. The van der Waals surface area contributed by atoms with E-state index in [9.17, 15) is 18.6 Å². The Morgan fingerprint density at radius 2 is 2.04 bits per heavy atom. The van der Waals surface area contributed by atoms with Crippen LogP contribution in [0.25, 0.3) is 11.0 Å². The van der Waals surface area contributed by atoms with Crippen molar-refractivity contribution in [1.29, 1.82) is 0 Å². The van der Waals surface area contributed by atoms with Crippen molar-refractivity contribution < 1.29 is 18.5 Å². The molecule has 1 aliphatic rings. The quantitative estimate of drug-likeness (QED) is 0.435. The zero-order valence-electron chi connectivity index (χ0n) is 16.6. The second-order valence-electron chi connectivity index (χ2n) is 7.39. The highest BCUT2D eigenvalue weighted by molar-refractivity contribution is 7.84. The maximum absolute atomic E-state index is 13.4. The van der Waals surface area contributed by atoms with Gasteiger partial charge in [-0.1, -0.05) is 0 Å². The first kappa shape index (κ1) is 20.3. The lowest BCUT2D eigenvalue weighted by molar-refractivity contribution is -0.158. The number of hydrogen-bond donors (Lipinski definition) is 0. The number of carbonyl (C=O) groups excluding carboxylic acids is 2. The molecule has 9 heteroatoms. The summed E-state index contributed by atoms with van der Waals surface area (Å²) in [5.41, 5.74) is -0.516. The summed E-state index contributed by atoms with van der Waals surface area (Å²) in [7, 11) is -1.44. The maximum atomic E-state index is 13.4. The van der Waals surface area contributed by atoms with Crippen LogP contribution in [0.1, 0.15) is 62.0 Å². The van der Waals surface area contributed by atoms with Crippen LogP contribution in [0.3, 0.4) is 0 Å². The predicted octanol–water partition coefficient (Wildman–Crippen LogP) is 2.09. The summed E-state index contributed by atoms with van der Waals surface area (Å²) in [6.07, 6.45) is 4.89. The van der Waals surface area contributed by atoms with Gasteiger partial charge < -0.3 is 4.74 Å². The van der Waals surface area contributed by atoms with Crippen molar-refractivity contribution in [2.75, 3.05) is 6.26 Å². The zero-order chi connectivity index (χ0) is 20.8. The van der Waals surface area contributed by atoms with Crippen LogP contribution < -0.4 is 5.56 Å². The van der Waals surface area contributed by atoms with Gasteiger partial charge in [0.05, 0.1) is 22.4 Å². The number of esters is 1. The highest BCUT2D eigenvalue weighted by atomic mass is 32.2. The molecule has 8 nitrogen and oxygen atoms in total. The number of Topliss-reactive ketones (excluding diaryl/α,β-unsaturated/α-hetero) is 1. The Labute approximate surface area is 164 Å².